The van der Waals surface area contributed by atoms with E-state index in [9.17, 15) is 14.4 Å². The van der Waals surface area contributed by atoms with Crippen molar-refractivity contribution >= 4 is 17.5 Å². The zero-order chi connectivity index (χ0) is 20.1. The summed E-state index contributed by atoms with van der Waals surface area (Å²) in [5.74, 6) is 0.0786. The molecule has 3 aromatic rings. The molecule has 1 amide bonds. The van der Waals surface area contributed by atoms with E-state index in [2.05, 4.69) is 10.3 Å². The van der Waals surface area contributed by atoms with E-state index >= 15 is 0 Å². The topological polar surface area (TPSA) is 93.2 Å². The van der Waals surface area contributed by atoms with Gasteiger partial charge in [-0.1, -0.05) is 41.9 Å². The molecule has 0 spiro atoms. The number of aromatic nitrogens is 2. The highest BCUT2D eigenvalue weighted by molar-refractivity contribution is 6.31. The Kier molecular flexibility index (Phi) is 5.96. The van der Waals surface area contributed by atoms with Crippen molar-refractivity contribution in [3.8, 4) is 5.75 Å². The Morgan fingerprint density at radius 1 is 1.18 bits per heavy atom. The van der Waals surface area contributed by atoms with Crippen molar-refractivity contribution in [2.75, 3.05) is 7.11 Å². The predicted octanol–water partition coefficient (Wildman–Crippen LogP) is 2.18. The number of methoxy groups -OCH3 is 1. The Bertz CT molecular complexity index is 1120. The number of hydrogen-bond donors (Lipinski definition) is 2. The van der Waals surface area contributed by atoms with Gasteiger partial charge in [0, 0.05) is 17.8 Å². The van der Waals surface area contributed by atoms with Gasteiger partial charge in [0.25, 0.3) is 11.5 Å². The minimum Gasteiger partial charge on any atom is -0.497 e. The molecule has 0 unspecified atom stereocenters. The van der Waals surface area contributed by atoms with E-state index in [0.717, 1.165) is 16.3 Å². The van der Waals surface area contributed by atoms with Crippen molar-refractivity contribution in [3.05, 3.63) is 97.3 Å². The first-order chi connectivity index (χ1) is 13.5. The summed E-state index contributed by atoms with van der Waals surface area (Å²) in [5, 5.41) is 3.11. The second kappa shape index (κ2) is 8.58. The van der Waals surface area contributed by atoms with Crippen LogP contribution in [-0.2, 0) is 13.1 Å². The molecule has 8 heteroatoms. The van der Waals surface area contributed by atoms with Gasteiger partial charge in [0.15, 0.2) is 0 Å². The third-order valence-electron chi connectivity index (χ3n) is 4.18. The highest BCUT2D eigenvalue weighted by Gasteiger charge is 2.15. The molecule has 0 aliphatic carbocycles. The summed E-state index contributed by atoms with van der Waals surface area (Å²) < 4.78 is 6.09. The molecule has 0 radical (unpaired) electrons. The number of carbonyl (C=O) groups excluding carboxylic acids is 1. The van der Waals surface area contributed by atoms with E-state index in [4.69, 9.17) is 16.3 Å². The van der Waals surface area contributed by atoms with Crippen LogP contribution in [0.1, 0.15) is 21.5 Å². The molecule has 0 atom stereocenters. The maximum atomic E-state index is 12.7. The fraction of sp³-hybridized carbons (Fsp3) is 0.150. The van der Waals surface area contributed by atoms with Gasteiger partial charge in [0.05, 0.1) is 13.7 Å². The van der Waals surface area contributed by atoms with Crippen molar-refractivity contribution in [2.24, 2.45) is 0 Å². The Balaban J connectivity index is 1.82. The largest absolute Gasteiger partial charge is 0.497 e. The van der Waals surface area contributed by atoms with Crippen LogP contribution in [0.4, 0.5) is 0 Å². The SMILES string of the molecule is COc1cccc(CNC(=O)c2c[nH]c(=O)n(Cc3ccccc3Cl)c2=O)c1. The maximum Gasteiger partial charge on any atom is 0.328 e. The molecule has 0 saturated heterocycles. The lowest BCUT2D eigenvalue weighted by atomic mass is 10.2. The van der Waals surface area contributed by atoms with Gasteiger partial charge in [0.2, 0.25) is 0 Å². The number of benzene rings is 2. The predicted molar refractivity (Wildman–Crippen MR) is 106 cm³/mol. The van der Waals surface area contributed by atoms with E-state index in [1.54, 1.807) is 49.6 Å². The molecular formula is C20H18ClN3O4. The number of ether oxygens (including phenoxy) is 1. The number of carbonyl (C=O) groups is 1. The number of aromatic amines is 1. The second-order valence-electron chi connectivity index (χ2n) is 6.02. The minimum absolute atomic E-state index is 0.0369. The van der Waals surface area contributed by atoms with Gasteiger partial charge in [-0.15, -0.1) is 0 Å². The smallest absolute Gasteiger partial charge is 0.328 e. The van der Waals surface area contributed by atoms with Gasteiger partial charge >= 0.3 is 5.69 Å². The van der Waals surface area contributed by atoms with E-state index in [1.165, 1.54) is 0 Å². The van der Waals surface area contributed by atoms with Gasteiger partial charge in [-0.3, -0.25) is 14.2 Å². The van der Waals surface area contributed by atoms with Crippen molar-refractivity contribution in [2.45, 2.75) is 13.1 Å². The third kappa shape index (κ3) is 4.32. The van der Waals surface area contributed by atoms with Gasteiger partial charge in [-0.05, 0) is 29.3 Å². The zero-order valence-corrected chi connectivity index (χ0v) is 15.8. The summed E-state index contributed by atoms with van der Waals surface area (Å²) in [5.41, 5.74) is -0.0464. The summed E-state index contributed by atoms with van der Waals surface area (Å²) in [6.07, 6.45) is 1.12. The fourth-order valence-electron chi connectivity index (χ4n) is 2.67. The standard InChI is InChI=1S/C20H18ClN3O4/c1-28-15-7-4-5-13(9-15)10-22-18(25)16-11-23-20(27)24(19(16)26)12-14-6-2-3-8-17(14)21/h2-9,11H,10,12H2,1H3,(H,22,25)(H,23,27). The molecule has 2 N–H and O–H groups in total. The first-order valence-electron chi connectivity index (χ1n) is 8.46. The molecule has 0 aliphatic heterocycles. The van der Waals surface area contributed by atoms with Crippen LogP contribution in [0.5, 0.6) is 5.75 Å². The highest BCUT2D eigenvalue weighted by atomic mass is 35.5. The molecule has 3 rings (SSSR count). The number of nitrogens with zero attached hydrogens (tertiary/aromatic N) is 1. The molecule has 0 aliphatic rings. The van der Waals surface area contributed by atoms with Crippen molar-refractivity contribution in [1.29, 1.82) is 0 Å². The fourth-order valence-corrected chi connectivity index (χ4v) is 2.87. The number of rotatable bonds is 6. The Morgan fingerprint density at radius 2 is 1.96 bits per heavy atom. The molecule has 28 heavy (non-hydrogen) atoms. The van der Waals surface area contributed by atoms with Crippen LogP contribution in [0, 0.1) is 0 Å². The number of amides is 1. The van der Waals surface area contributed by atoms with Gasteiger partial charge in [0.1, 0.15) is 11.3 Å². The summed E-state index contributed by atoms with van der Waals surface area (Å²) in [6, 6.07) is 14.1. The summed E-state index contributed by atoms with van der Waals surface area (Å²) in [6.45, 7) is 0.171. The molecule has 1 heterocycles. The Labute approximate surface area is 165 Å². The first kappa shape index (κ1) is 19.4. The van der Waals surface area contributed by atoms with Crippen LogP contribution < -0.4 is 21.3 Å². The van der Waals surface area contributed by atoms with Crippen LogP contribution in [0.15, 0.2) is 64.3 Å². The maximum absolute atomic E-state index is 12.7. The Morgan fingerprint density at radius 3 is 2.71 bits per heavy atom. The summed E-state index contributed by atoms with van der Waals surface area (Å²) >= 11 is 6.11. The van der Waals surface area contributed by atoms with Crippen LogP contribution in [0.2, 0.25) is 5.02 Å². The van der Waals surface area contributed by atoms with E-state index < -0.39 is 17.2 Å². The molecule has 0 bridgehead atoms. The molecule has 7 nitrogen and oxygen atoms in total. The quantitative estimate of drug-likeness (QED) is 0.664. The molecule has 2 aromatic carbocycles. The van der Waals surface area contributed by atoms with Gasteiger partial charge in [-0.2, -0.15) is 0 Å². The van der Waals surface area contributed by atoms with Crippen LogP contribution in [0.3, 0.4) is 0 Å². The van der Waals surface area contributed by atoms with Crippen molar-refractivity contribution in [1.82, 2.24) is 14.9 Å². The average Bonchev–Trinajstić information content (AvgIpc) is 2.71. The van der Waals surface area contributed by atoms with Crippen molar-refractivity contribution < 1.29 is 9.53 Å². The third-order valence-corrected chi connectivity index (χ3v) is 4.55. The molecular weight excluding hydrogens is 382 g/mol. The van der Waals surface area contributed by atoms with E-state index in [1.807, 2.05) is 6.07 Å². The summed E-state index contributed by atoms with van der Waals surface area (Å²) in [4.78, 5) is 39.7. The normalized spacial score (nSPS) is 10.5. The molecule has 0 fully saturated rings. The zero-order valence-electron chi connectivity index (χ0n) is 15.1. The molecule has 144 valence electrons. The lowest BCUT2D eigenvalue weighted by Crippen LogP contribution is -2.40. The van der Waals surface area contributed by atoms with Crippen molar-refractivity contribution in [3.63, 3.8) is 0 Å². The minimum atomic E-state index is -0.688. The molecule has 1 aromatic heterocycles. The summed E-state index contributed by atoms with van der Waals surface area (Å²) in [7, 11) is 1.56. The molecule has 0 saturated carbocycles. The van der Waals surface area contributed by atoms with Crippen LogP contribution in [-0.4, -0.2) is 22.6 Å². The van der Waals surface area contributed by atoms with E-state index in [0.29, 0.717) is 16.3 Å². The Hall–Kier alpha value is -3.32. The number of halogens is 1. The highest BCUT2D eigenvalue weighted by Crippen LogP contribution is 2.15. The lowest BCUT2D eigenvalue weighted by molar-refractivity contribution is 0.0948. The number of nitrogens with one attached hydrogen (secondary N) is 2. The lowest BCUT2D eigenvalue weighted by Gasteiger charge is -2.09. The second-order valence-corrected chi connectivity index (χ2v) is 6.43. The monoisotopic (exact) mass is 399 g/mol. The van der Waals surface area contributed by atoms with Gasteiger partial charge in [-0.25, -0.2) is 4.79 Å². The van der Waals surface area contributed by atoms with Crippen LogP contribution >= 0.6 is 11.6 Å². The number of hydrogen-bond acceptors (Lipinski definition) is 4. The average molecular weight is 400 g/mol. The first-order valence-corrected chi connectivity index (χ1v) is 8.84. The van der Waals surface area contributed by atoms with Gasteiger partial charge < -0.3 is 15.0 Å². The number of H-pyrrole nitrogens is 1. The van der Waals surface area contributed by atoms with E-state index in [-0.39, 0.29) is 18.7 Å². The van der Waals surface area contributed by atoms with Crippen LogP contribution in [0.25, 0.3) is 0 Å².